The van der Waals surface area contributed by atoms with Crippen LogP contribution in [0.4, 0.5) is 11.6 Å². The SMILES string of the molecule is CCc1nc(NC)cc(N2CCC(CC)C2)n1. The third-order valence-corrected chi connectivity index (χ3v) is 3.52. The van der Waals surface area contributed by atoms with Crippen LogP contribution in [0.15, 0.2) is 6.07 Å². The van der Waals surface area contributed by atoms with E-state index in [1.807, 2.05) is 7.05 Å². The summed E-state index contributed by atoms with van der Waals surface area (Å²) in [5, 5.41) is 3.11. The van der Waals surface area contributed by atoms with Crippen LogP contribution in [0, 0.1) is 5.92 Å². The Bertz CT molecular complexity index is 355. The monoisotopic (exact) mass is 234 g/mol. The minimum Gasteiger partial charge on any atom is -0.373 e. The number of aromatic nitrogens is 2. The van der Waals surface area contributed by atoms with Gasteiger partial charge in [0.15, 0.2) is 0 Å². The Hall–Kier alpha value is -1.32. The highest BCUT2D eigenvalue weighted by Gasteiger charge is 2.22. The van der Waals surface area contributed by atoms with Gasteiger partial charge in [-0.15, -0.1) is 0 Å². The van der Waals surface area contributed by atoms with Gasteiger partial charge in [-0.3, -0.25) is 0 Å². The number of nitrogens with one attached hydrogen (secondary N) is 1. The third-order valence-electron chi connectivity index (χ3n) is 3.52. The van der Waals surface area contributed by atoms with Gasteiger partial charge in [0, 0.05) is 32.6 Å². The molecule has 1 unspecified atom stereocenters. The third kappa shape index (κ3) is 2.68. The molecule has 1 saturated heterocycles. The van der Waals surface area contributed by atoms with E-state index in [0.717, 1.165) is 42.9 Å². The molecule has 1 aromatic rings. The molecule has 0 aliphatic carbocycles. The molecule has 1 aliphatic heterocycles. The van der Waals surface area contributed by atoms with Crippen LogP contribution in [-0.2, 0) is 6.42 Å². The van der Waals surface area contributed by atoms with Gasteiger partial charge in [-0.1, -0.05) is 20.3 Å². The maximum absolute atomic E-state index is 4.63. The maximum atomic E-state index is 4.63. The lowest BCUT2D eigenvalue weighted by Gasteiger charge is -2.18. The summed E-state index contributed by atoms with van der Waals surface area (Å²) in [7, 11) is 1.91. The van der Waals surface area contributed by atoms with Crippen molar-refractivity contribution in [3.05, 3.63) is 11.9 Å². The molecule has 1 N–H and O–H groups in total. The van der Waals surface area contributed by atoms with E-state index in [-0.39, 0.29) is 0 Å². The van der Waals surface area contributed by atoms with E-state index in [1.54, 1.807) is 0 Å². The molecule has 17 heavy (non-hydrogen) atoms. The van der Waals surface area contributed by atoms with Gasteiger partial charge in [0.1, 0.15) is 17.5 Å². The second-order valence-corrected chi connectivity index (χ2v) is 4.64. The molecule has 4 heteroatoms. The normalized spacial score (nSPS) is 19.7. The highest BCUT2D eigenvalue weighted by Crippen LogP contribution is 2.25. The first-order valence-electron chi connectivity index (χ1n) is 6.57. The van der Waals surface area contributed by atoms with Crippen LogP contribution in [0.3, 0.4) is 0 Å². The van der Waals surface area contributed by atoms with Crippen molar-refractivity contribution in [1.29, 1.82) is 0 Å². The lowest BCUT2D eigenvalue weighted by molar-refractivity contribution is 0.568. The van der Waals surface area contributed by atoms with E-state index >= 15 is 0 Å². The minimum absolute atomic E-state index is 0.827. The first-order valence-corrected chi connectivity index (χ1v) is 6.57. The summed E-state index contributed by atoms with van der Waals surface area (Å²) < 4.78 is 0. The molecule has 1 atom stereocenters. The first-order chi connectivity index (χ1) is 8.26. The number of hydrogen-bond acceptors (Lipinski definition) is 4. The van der Waals surface area contributed by atoms with Crippen LogP contribution in [-0.4, -0.2) is 30.1 Å². The van der Waals surface area contributed by atoms with Crippen LogP contribution in [0.25, 0.3) is 0 Å². The zero-order valence-electron chi connectivity index (χ0n) is 11.0. The van der Waals surface area contributed by atoms with E-state index in [4.69, 9.17) is 0 Å². The minimum atomic E-state index is 0.827. The van der Waals surface area contributed by atoms with Crippen molar-refractivity contribution in [1.82, 2.24) is 9.97 Å². The molecular weight excluding hydrogens is 212 g/mol. The summed E-state index contributed by atoms with van der Waals surface area (Å²) in [5.74, 6) is 3.75. The molecule has 1 fully saturated rings. The van der Waals surface area contributed by atoms with Gasteiger partial charge in [0.05, 0.1) is 0 Å². The summed E-state index contributed by atoms with van der Waals surface area (Å²) in [5.41, 5.74) is 0. The molecule has 0 bridgehead atoms. The quantitative estimate of drug-likeness (QED) is 0.868. The van der Waals surface area contributed by atoms with Crippen LogP contribution in [0.1, 0.15) is 32.5 Å². The summed E-state index contributed by atoms with van der Waals surface area (Å²) in [6.07, 6.45) is 3.44. The molecular formula is C13H22N4. The van der Waals surface area contributed by atoms with Gasteiger partial charge < -0.3 is 10.2 Å². The van der Waals surface area contributed by atoms with Gasteiger partial charge in [-0.05, 0) is 12.3 Å². The van der Waals surface area contributed by atoms with Crippen LogP contribution in [0.2, 0.25) is 0 Å². The molecule has 94 valence electrons. The molecule has 2 rings (SSSR count). The fourth-order valence-electron chi connectivity index (χ4n) is 2.31. The van der Waals surface area contributed by atoms with Crippen molar-refractivity contribution in [3.8, 4) is 0 Å². The molecule has 1 aromatic heterocycles. The average molecular weight is 234 g/mol. The van der Waals surface area contributed by atoms with E-state index in [0.29, 0.717) is 0 Å². The predicted octanol–water partition coefficient (Wildman–Crippen LogP) is 2.32. The van der Waals surface area contributed by atoms with Crippen molar-refractivity contribution < 1.29 is 0 Å². The van der Waals surface area contributed by atoms with E-state index in [9.17, 15) is 0 Å². The maximum Gasteiger partial charge on any atom is 0.134 e. The van der Waals surface area contributed by atoms with Crippen LogP contribution >= 0.6 is 0 Å². The fourth-order valence-corrected chi connectivity index (χ4v) is 2.31. The topological polar surface area (TPSA) is 41.1 Å². The largest absolute Gasteiger partial charge is 0.373 e. The van der Waals surface area contributed by atoms with Crippen molar-refractivity contribution in [3.63, 3.8) is 0 Å². The first kappa shape index (κ1) is 12.1. The number of hydrogen-bond donors (Lipinski definition) is 1. The van der Waals surface area contributed by atoms with E-state index in [2.05, 4.69) is 40.1 Å². The molecule has 2 heterocycles. The molecule has 0 radical (unpaired) electrons. The van der Waals surface area contributed by atoms with E-state index in [1.165, 1.54) is 12.8 Å². The lowest BCUT2D eigenvalue weighted by atomic mass is 10.1. The number of anilines is 2. The van der Waals surface area contributed by atoms with Crippen LogP contribution < -0.4 is 10.2 Å². The lowest BCUT2D eigenvalue weighted by Crippen LogP contribution is -2.21. The molecule has 0 spiro atoms. The van der Waals surface area contributed by atoms with E-state index < -0.39 is 0 Å². The number of nitrogens with zero attached hydrogens (tertiary/aromatic N) is 3. The Kier molecular flexibility index (Phi) is 3.82. The van der Waals surface area contributed by atoms with Gasteiger partial charge in [-0.2, -0.15) is 0 Å². The fraction of sp³-hybridized carbons (Fsp3) is 0.692. The molecule has 0 saturated carbocycles. The molecule has 0 amide bonds. The Morgan fingerprint density at radius 2 is 2.24 bits per heavy atom. The van der Waals surface area contributed by atoms with Gasteiger partial charge >= 0.3 is 0 Å². The smallest absolute Gasteiger partial charge is 0.134 e. The zero-order chi connectivity index (χ0) is 12.3. The van der Waals surface area contributed by atoms with Crippen molar-refractivity contribution >= 4 is 11.6 Å². The second-order valence-electron chi connectivity index (χ2n) is 4.64. The standard InChI is InChI=1S/C13H22N4/c1-4-10-6-7-17(9-10)13-8-12(14-3)15-11(5-2)16-13/h8,10H,4-7,9H2,1-3H3,(H,14,15,16). The zero-order valence-corrected chi connectivity index (χ0v) is 11.0. The molecule has 1 aliphatic rings. The van der Waals surface area contributed by atoms with Crippen LogP contribution in [0.5, 0.6) is 0 Å². The average Bonchev–Trinajstić information content (AvgIpc) is 2.86. The summed E-state index contributed by atoms with van der Waals surface area (Å²) in [6.45, 7) is 6.63. The Morgan fingerprint density at radius 1 is 1.41 bits per heavy atom. The van der Waals surface area contributed by atoms with Gasteiger partial charge in [0.2, 0.25) is 0 Å². The van der Waals surface area contributed by atoms with Crippen molar-refractivity contribution in [2.75, 3.05) is 30.4 Å². The van der Waals surface area contributed by atoms with Crippen molar-refractivity contribution in [2.24, 2.45) is 5.92 Å². The predicted molar refractivity (Wildman–Crippen MR) is 71.6 cm³/mol. The molecule has 4 nitrogen and oxygen atoms in total. The molecule has 0 aromatic carbocycles. The highest BCUT2D eigenvalue weighted by molar-refractivity contribution is 5.49. The highest BCUT2D eigenvalue weighted by atomic mass is 15.2. The second kappa shape index (κ2) is 5.34. The van der Waals surface area contributed by atoms with Gasteiger partial charge in [-0.25, -0.2) is 9.97 Å². The summed E-state index contributed by atoms with van der Waals surface area (Å²) in [6, 6.07) is 2.05. The summed E-state index contributed by atoms with van der Waals surface area (Å²) >= 11 is 0. The summed E-state index contributed by atoms with van der Waals surface area (Å²) in [4.78, 5) is 11.4. The Labute approximate surface area is 103 Å². The van der Waals surface area contributed by atoms with Crippen molar-refractivity contribution in [2.45, 2.75) is 33.1 Å². The Morgan fingerprint density at radius 3 is 2.82 bits per heavy atom. The van der Waals surface area contributed by atoms with Gasteiger partial charge in [0.25, 0.3) is 0 Å². The number of aryl methyl sites for hydroxylation is 1. The Balaban J connectivity index is 2.20. The number of rotatable bonds is 4.